The smallest absolute Gasteiger partial charge is 0.269 e. The topological polar surface area (TPSA) is 78.7 Å². The Morgan fingerprint density at radius 3 is 2.46 bits per heavy atom. The third kappa shape index (κ3) is 4.37. The number of hydrogen-bond donors (Lipinski definition) is 1. The van der Waals surface area contributed by atoms with Crippen LogP contribution in [0.1, 0.15) is 6.92 Å². The normalized spacial score (nSPS) is 17.7. The summed E-state index contributed by atoms with van der Waals surface area (Å²) in [5.74, 6) is -0.112. The van der Waals surface area contributed by atoms with Gasteiger partial charge in [0.15, 0.2) is 0 Å². The first-order valence-corrected chi connectivity index (χ1v) is 8.61. The Hall–Kier alpha value is -2.93. The predicted molar refractivity (Wildman–Crippen MR) is 101 cm³/mol. The summed E-state index contributed by atoms with van der Waals surface area (Å²) < 4.78 is 0. The molecule has 2 aromatic rings. The fourth-order valence-electron chi connectivity index (χ4n) is 3.25. The molecule has 1 amide bonds. The summed E-state index contributed by atoms with van der Waals surface area (Å²) in [7, 11) is 0. The molecule has 2 aromatic carbocycles. The number of para-hydroxylation sites is 1. The number of rotatable bonds is 5. The summed E-state index contributed by atoms with van der Waals surface area (Å²) in [4.78, 5) is 26.9. The zero-order valence-corrected chi connectivity index (χ0v) is 14.7. The molecule has 3 rings (SSSR count). The molecule has 1 aliphatic heterocycles. The van der Waals surface area contributed by atoms with Gasteiger partial charge >= 0.3 is 0 Å². The average molecular weight is 354 g/mol. The van der Waals surface area contributed by atoms with E-state index >= 15 is 0 Å². The number of piperazine rings is 1. The van der Waals surface area contributed by atoms with Crippen LogP contribution in [-0.2, 0) is 4.79 Å². The maximum Gasteiger partial charge on any atom is 0.269 e. The van der Waals surface area contributed by atoms with E-state index in [2.05, 4.69) is 34.2 Å². The number of nitrogens with zero attached hydrogens (tertiary/aromatic N) is 3. The monoisotopic (exact) mass is 354 g/mol. The molecular formula is C19H22N4O3. The van der Waals surface area contributed by atoms with Crippen LogP contribution >= 0.6 is 0 Å². The van der Waals surface area contributed by atoms with Crippen LogP contribution in [-0.4, -0.2) is 48.0 Å². The van der Waals surface area contributed by atoms with Gasteiger partial charge in [-0.3, -0.25) is 19.8 Å². The summed E-state index contributed by atoms with van der Waals surface area (Å²) in [6.45, 7) is 4.96. The van der Waals surface area contributed by atoms with Crippen LogP contribution in [0.4, 0.5) is 17.1 Å². The maximum atomic E-state index is 12.3. The molecule has 1 unspecified atom stereocenters. The van der Waals surface area contributed by atoms with Crippen molar-refractivity contribution in [3.8, 4) is 0 Å². The van der Waals surface area contributed by atoms with Crippen molar-refractivity contribution in [3.05, 3.63) is 64.7 Å². The Morgan fingerprint density at radius 1 is 1.15 bits per heavy atom. The van der Waals surface area contributed by atoms with E-state index in [4.69, 9.17) is 0 Å². The molecule has 1 heterocycles. The van der Waals surface area contributed by atoms with Crippen molar-refractivity contribution in [1.29, 1.82) is 0 Å². The van der Waals surface area contributed by atoms with Crippen LogP contribution in [0.3, 0.4) is 0 Å². The first kappa shape index (κ1) is 17.9. The second kappa shape index (κ2) is 7.97. The van der Waals surface area contributed by atoms with Crippen LogP contribution in [0.15, 0.2) is 54.6 Å². The molecule has 7 heteroatoms. The summed E-state index contributed by atoms with van der Waals surface area (Å²) in [5, 5.41) is 13.5. The lowest BCUT2D eigenvalue weighted by Gasteiger charge is -2.41. The molecule has 0 aromatic heterocycles. The molecule has 1 saturated heterocycles. The molecule has 0 bridgehead atoms. The van der Waals surface area contributed by atoms with E-state index in [-0.39, 0.29) is 11.6 Å². The number of nitro groups is 1. The second-order valence-electron chi connectivity index (χ2n) is 6.47. The van der Waals surface area contributed by atoms with Gasteiger partial charge in [0.05, 0.1) is 11.5 Å². The first-order valence-electron chi connectivity index (χ1n) is 8.61. The third-order valence-corrected chi connectivity index (χ3v) is 4.53. The van der Waals surface area contributed by atoms with E-state index in [0.29, 0.717) is 18.3 Å². The van der Waals surface area contributed by atoms with Crippen LogP contribution in [0.25, 0.3) is 0 Å². The van der Waals surface area contributed by atoms with E-state index < -0.39 is 4.92 Å². The number of benzene rings is 2. The standard InChI is InChI=1S/C19H22N4O3/c1-15-13-21(11-12-22(15)17-5-3-2-4-6-17)14-19(24)20-16-7-9-18(10-8-16)23(25)26/h2-10,15H,11-14H2,1H3,(H,20,24). The zero-order valence-electron chi connectivity index (χ0n) is 14.7. The number of carbonyl (C=O) groups is 1. The molecule has 26 heavy (non-hydrogen) atoms. The highest BCUT2D eigenvalue weighted by molar-refractivity contribution is 5.92. The molecule has 7 nitrogen and oxygen atoms in total. The SMILES string of the molecule is CC1CN(CC(=O)Nc2ccc([N+](=O)[O-])cc2)CCN1c1ccccc1. The van der Waals surface area contributed by atoms with E-state index in [1.54, 1.807) is 12.1 Å². The fraction of sp³-hybridized carbons (Fsp3) is 0.316. The summed E-state index contributed by atoms with van der Waals surface area (Å²) in [6, 6.07) is 16.5. The van der Waals surface area contributed by atoms with Gasteiger partial charge in [-0.2, -0.15) is 0 Å². The Balaban J connectivity index is 1.52. The van der Waals surface area contributed by atoms with Crippen LogP contribution in [0.2, 0.25) is 0 Å². The summed E-state index contributed by atoms with van der Waals surface area (Å²) in [5.41, 5.74) is 1.78. The highest BCUT2D eigenvalue weighted by atomic mass is 16.6. The molecule has 1 fully saturated rings. The van der Waals surface area contributed by atoms with Gasteiger partial charge in [-0.1, -0.05) is 18.2 Å². The lowest BCUT2D eigenvalue weighted by atomic mass is 10.1. The van der Waals surface area contributed by atoms with E-state index in [9.17, 15) is 14.9 Å². The molecule has 1 N–H and O–H groups in total. The number of amides is 1. The third-order valence-electron chi connectivity index (χ3n) is 4.53. The van der Waals surface area contributed by atoms with Gasteiger partial charge < -0.3 is 10.2 Å². The highest BCUT2D eigenvalue weighted by Crippen LogP contribution is 2.20. The number of nitro benzene ring substituents is 1. The van der Waals surface area contributed by atoms with E-state index in [1.807, 2.05) is 18.2 Å². The lowest BCUT2D eigenvalue weighted by Crippen LogP contribution is -2.53. The van der Waals surface area contributed by atoms with Crippen LogP contribution in [0.5, 0.6) is 0 Å². The van der Waals surface area contributed by atoms with Crippen molar-refractivity contribution in [2.24, 2.45) is 0 Å². The number of carbonyl (C=O) groups excluding carboxylic acids is 1. The van der Waals surface area contributed by atoms with Crippen molar-refractivity contribution in [1.82, 2.24) is 4.90 Å². The van der Waals surface area contributed by atoms with Gasteiger partial charge in [0.25, 0.3) is 5.69 Å². The molecule has 0 saturated carbocycles. The van der Waals surface area contributed by atoms with Gasteiger partial charge in [0.1, 0.15) is 0 Å². The number of anilines is 2. The lowest BCUT2D eigenvalue weighted by molar-refractivity contribution is -0.384. The molecule has 136 valence electrons. The van der Waals surface area contributed by atoms with Gasteiger partial charge in [0.2, 0.25) is 5.91 Å². The first-order chi connectivity index (χ1) is 12.5. The van der Waals surface area contributed by atoms with Crippen molar-refractivity contribution in [3.63, 3.8) is 0 Å². The Morgan fingerprint density at radius 2 is 1.85 bits per heavy atom. The minimum atomic E-state index is -0.459. The maximum absolute atomic E-state index is 12.3. The number of non-ortho nitro benzene ring substituents is 1. The molecule has 0 radical (unpaired) electrons. The Kier molecular flexibility index (Phi) is 5.48. The van der Waals surface area contributed by atoms with Gasteiger partial charge in [-0.25, -0.2) is 0 Å². The van der Waals surface area contributed by atoms with Crippen molar-refractivity contribution in [2.45, 2.75) is 13.0 Å². The summed E-state index contributed by atoms with van der Waals surface area (Å²) in [6.07, 6.45) is 0. The van der Waals surface area contributed by atoms with E-state index in [1.165, 1.54) is 17.8 Å². The summed E-state index contributed by atoms with van der Waals surface area (Å²) >= 11 is 0. The second-order valence-corrected chi connectivity index (χ2v) is 6.47. The molecular weight excluding hydrogens is 332 g/mol. The highest BCUT2D eigenvalue weighted by Gasteiger charge is 2.25. The minimum Gasteiger partial charge on any atom is -0.366 e. The largest absolute Gasteiger partial charge is 0.366 e. The zero-order chi connectivity index (χ0) is 18.5. The van der Waals surface area contributed by atoms with Crippen LogP contribution in [0, 0.1) is 10.1 Å². The van der Waals surface area contributed by atoms with Crippen LogP contribution < -0.4 is 10.2 Å². The number of nitrogens with one attached hydrogen (secondary N) is 1. The molecule has 0 spiro atoms. The van der Waals surface area contributed by atoms with Crippen molar-refractivity contribution >= 4 is 23.0 Å². The molecule has 1 atom stereocenters. The number of hydrogen-bond acceptors (Lipinski definition) is 5. The fourth-order valence-corrected chi connectivity index (χ4v) is 3.25. The Bertz CT molecular complexity index is 764. The van der Waals surface area contributed by atoms with Crippen molar-refractivity contribution < 1.29 is 9.72 Å². The van der Waals surface area contributed by atoms with Gasteiger partial charge in [0, 0.05) is 49.2 Å². The van der Waals surface area contributed by atoms with E-state index in [0.717, 1.165) is 19.6 Å². The molecule has 0 aliphatic carbocycles. The quantitative estimate of drug-likeness (QED) is 0.660. The van der Waals surface area contributed by atoms with Gasteiger partial charge in [-0.15, -0.1) is 0 Å². The Labute approximate surface area is 152 Å². The average Bonchev–Trinajstić information content (AvgIpc) is 2.63. The molecule has 1 aliphatic rings. The van der Waals surface area contributed by atoms with Gasteiger partial charge in [-0.05, 0) is 31.2 Å². The predicted octanol–water partition coefficient (Wildman–Crippen LogP) is 2.74. The van der Waals surface area contributed by atoms with Crippen molar-refractivity contribution in [2.75, 3.05) is 36.4 Å². The minimum absolute atomic E-state index is 0.00820.